The number of hydrogen-bond donors (Lipinski definition) is 1. The molecule has 0 bridgehead atoms. The number of piperidine rings is 1. The first kappa shape index (κ1) is 19.7. The Morgan fingerprint density at radius 3 is 2.67 bits per heavy atom. The van der Waals surface area contributed by atoms with Crippen LogP contribution in [0.1, 0.15) is 12.8 Å². The van der Waals surface area contributed by atoms with Crippen LogP contribution in [0.3, 0.4) is 0 Å². The molecule has 1 N–H and O–H groups in total. The molecular formula is C19H21ClN2O4S. The van der Waals surface area contributed by atoms with Crippen LogP contribution in [0.15, 0.2) is 48.5 Å². The molecule has 0 aliphatic carbocycles. The first-order valence-electron chi connectivity index (χ1n) is 8.61. The monoisotopic (exact) mass is 408 g/mol. The highest BCUT2D eigenvalue weighted by Crippen LogP contribution is 2.33. The minimum atomic E-state index is -3.31. The third-order valence-electron chi connectivity index (χ3n) is 4.39. The van der Waals surface area contributed by atoms with Crippen molar-refractivity contribution in [3.63, 3.8) is 0 Å². The number of sulfonamides is 1. The summed E-state index contributed by atoms with van der Waals surface area (Å²) in [5, 5.41) is 3.31. The van der Waals surface area contributed by atoms with Crippen LogP contribution in [0, 0.1) is 5.92 Å². The fourth-order valence-corrected chi connectivity index (χ4v) is 4.08. The molecule has 1 aliphatic rings. The number of rotatable bonds is 5. The van der Waals surface area contributed by atoms with E-state index in [1.807, 2.05) is 30.3 Å². The SMILES string of the molecule is CS(=O)(=O)N1CCCC(C(=O)Nc2cc(Cl)ccc2Oc2ccccc2)C1. The molecule has 0 spiro atoms. The Balaban J connectivity index is 1.76. The zero-order valence-electron chi connectivity index (χ0n) is 14.9. The van der Waals surface area contributed by atoms with E-state index in [0.717, 1.165) is 6.26 Å². The molecule has 0 saturated carbocycles. The van der Waals surface area contributed by atoms with Crippen LogP contribution < -0.4 is 10.1 Å². The molecule has 2 aromatic rings. The van der Waals surface area contributed by atoms with Gasteiger partial charge in [-0.2, -0.15) is 0 Å². The number of ether oxygens (including phenoxy) is 1. The lowest BCUT2D eigenvalue weighted by molar-refractivity contribution is -0.120. The van der Waals surface area contributed by atoms with Gasteiger partial charge in [0.05, 0.1) is 17.9 Å². The highest BCUT2D eigenvalue weighted by Gasteiger charge is 2.30. The van der Waals surface area contributed by atoms with Crippen molar-refractivity contribution in [3.8, 4) is 11.5 Å². The highest BCUT2D eigenvalue weighted by molar-refractivity contribution is 7.88. The van der Waals surface area contributed by atoms with Crippen molar-refractivity contribution in [2.24, 2.45) is 5.92 Å². The first-order valence-corrected chi connectivity index (χ1v) is 10.8. The van der Waals surface area contributed by atoms with Crippen LogP contribution in [0.2, 0.25) is 5.02 Å². The smallest absolute Gasteiger partial charge is 0.228 e. The molecule has 0 radical (unpaired) electrons. The number of amides is 1. The molecule has 1 saturated heterocycles. The van der Waals surface area contributed by atoms with Crippen molar-refractivity contribution in [1.82, 2.24) is 4.31 Å². The van der Waals surface area contributed by atoms with Crippen molar-refractivity contribution >= 4 is 33.2 Å². The molecule has 1 aliphatic heterocycles. The van der Waals surface area contributed by atoms with E-state index in [1.165, 1.54) is 4.31 Å². The number of halogens is 1. The second kappa shape index (κ2) is 8.29. The standard InChI is InChI=1S/C19H21ClN2O4S/c1-27(24,25)22-11-5-6-14(13-22)19(23)21-17-12-15(20)9-10-18(17)26-16-7-3-2-4-8-16/h2-4,7-10,12,14H,5-6,11,13H2,1H3,(H,21,23). The van der Waals surface area contributed by atoms with E-state index < -0.39 is 15.9 Å². The highest BCUT2D eigenvalue weighted by atomic mass is 35.5. The van der Waals surface area contributed by atoms with Gasteiger partial charge in [0.15, 0.2) is 5.75 Å². The van der Waals surface area contributed by atoms with E-state index in [4.69, 9.17) is 16.3 Å². The fourth-order valence-electron chi connectivity index (χ4n) is 3.00. The van der Waals surface area contributed by atoms with Crippen LogP contribution in [-0.4, -0.2) is 38.0 Å². The summed E-state index contributed by atoms with van der Waals surface area (Å²) in [6.45, 7) is 0.627. The predicted octanol–water partition coefficient (Wildman–Crippen LogP) is 3.74. The maximum atomic E-state index is 12.7. The number of carbonyl (C=O) groups excluding carboxylic acids is 1. The van der Waals surface area contributed by atoms with Crippen LogP contribution >= 0.6 is 11.6 Å². The van der Waals surface area contributed by atoms with E-state index in [0.29, 0.717) is 41.6 Å². The molecule has 1 atom stereocenters. The van der Waals surface area contributed by atoms with Crippen LogP contribution in [-0.2, 0) is 14.8 Å². The molecule has 2 aromatic carbocycles. The van der Waals surface area contributed by atoms with Gasteiger partial charge in [-0.1, -0.05) is 29.8 Å². The summed E-state index contributed by atoms with van der Waals surface area (Å²) in [6, 6.07) is 14.2. The summed E-state index contributed by atoms with van der Waals surface area (Å²) in [6.07, 6.45) is 2.44. The summed E-state index contributed by atoms with van der Waals surface area (Å²) < 4.78 is 30.7. The molecule has 1 amide bonds. The lowest BCUT2D eigenvalue weighted by atomic mass is 9.98. The number of nitrogens with one attached hydrogen (secondary N) is 1. The summed E-state index contributed by atoms with van der Waals surface area (Å²) >= 11 is 6.08. The maximum absolute atomic E-state index is 12.7. The molecule has 1 fully saturated rings. The summed E-state index contributed by atoms with van der Waals surface area (Å²) in [5.41, 5.74) is 0.452. The molecule has 8 heteroatoms. The Labute approximate surface area is 164 Å². The second-order valence-corrected chi connectivity index (χ2v) is 8.92. The normalized spacial score (nSPS) is 18.1. The lowest BCUT2D eigenvalue weighted by Gasteiger charge is -2.30. The van der Waals surface area contributed by atoms with Gasteiger partial charge in [0, 0.05) is 18.1 Å². The van der Waals surface area contributed by atoms with E-state index >= 15 is 0 Å². The third kappa shape index (κ3) is 5.22. The Morgan fingerprint density at radius 1 is 1.22 bits per heavy atom. The Hall–Kier alpha value is -2.09. The molecule has 1 heterocycles. The Bertz CT molecular complexity index is 919. The average Bonchev–Trinajstić information content (AvgIpc) is 2.64. The van der Waals surface area contributed by atoms with Crippen LogP contribution in [0.4, 0.5) is 5.69 Å². The Morgan fingerprint density at radius 2 is 1.96 bits per heavy atom. The average molecular weight is 409 g/mol. The molecule has 27 heavy (non-hydrogen) atoms. The number of para-hydroxylation sites is 1. The van der Waals surface area contributed by atoms with E-state index in [-0.39, 0.29) is 12.5 Å². The quantitative estimate of drug-likeness (QED) is 0.817. The predicted molar refractivity (Wildman–Crippen MR) is 106 cm³/mol. The zero-order chi connectivity index (χ0) is 19.4. The second-order valence-electron chi connectivity index (χ2n) is 6.51. The fraction of sp³-hybridized carbons (Fsp3) is 0.316. The summed E-state index contributed by atoms with van der Waals surface area (Å²) in [7, 11) is -3.31. The lowest BCUT2D eigenvalue weighted by Crippen LogP contribution is -2.43. The van der Waals surface area contributed by atoms with Gasteiger partial charge in [0.25, 0.3) is 0 Å². The van der Waals surface area contributed by atoms with Gasteiger partial charge in [-0.3, -0.25) is 4.79 Å². The van der Waals surface area contributed by atoms with Crippen molar-refractivity contribution in [2.75, 3.05) is 24.7 Å². The number of carbonyl (C=O) groups is 1. The van der Waals surface area contributed by atoms with Crippen molar-refractivity contribution in [1.29, 1.82) is 0 Å². The van der Waals surface area contributed by atoms with Crippen LogP contribution in [0.25, 0.3) is 0 Å². The molecule has 3 rings (SSSR count). The van der Waals surface area contributed by atoms with Gasteiger partial charge in [-0.05, 0) is 43.2 Å². The van der Waals surface area contributed by atoms with E-state index in [2.05, 4.69) is 5.32 Å². The number of hydrogen-bond acceptors (Lipinski definition) is 4. The number of nitrogens with zero attached hydrogens (tertiary/aromatic N) is 1. The van der Waals surface area contributed by atoms with Crippen molar-refractivity contribution in [2.45, 2.75) is 12.8 Å². The van der Waals surface area contributed by atoms with Gasteiger partial charge in [0.1, 0.15) is 5.75 Å². The van der Waals surface area contributed by atoms with E-state index in [9.17, 15) is 13.2 Å². The van der Waals surface area contributed by atoms with Gasteiger partial charge in [-0.15, -0.1) is 0 Å². The molecular weight excluding hydrogens is 388 g/mol. The van der Waals surface area contributed by atoms with Gasteiger partial charge >= 0.3 is 0 Å². The van der Waals surface area contributed by atoms with E-state index in [1.54, 1.807) is 18.2 Å². The minimum absolute atomic E-state index is 0.181. The summed E-state index contributed by atoms with van der Waals surface area (Å²) in [5.74, 6) is 0.437. The molecule has 6 nitrogen and oxygen atoms in total. The Kier molecular flexibility index (Phi) is 6.04. The van der Waals surface area contributed by atoms with Gasteiger partial charge in [0.2, 0.25) is 15.9 Å². The minimum Gasteiger partial charge on any atom is -0.455 e. The topological polar surface area (TPSA) is 75.7 Å². The first-order chi connectivity index (χ1) is 12.8. The third-order valence-corrected chi connectivity index (χ3v) is 5.90. The maximum Gasteiger partial charge on any atom is 0.228 e. The zero-order valence-corrected chi connectivity index (χ0v) is 16.5. The number of benzene rings is 2. The molecule has 0 aromatic heterocycles. The summed E-state index contributed by atoms with van der Waals surface area (Å²) in [4.78, 5) is 12.7. The van der Waals surface area contributed by atoms with Gasteiger partial charge < -0.3 is 10.1 Å². The van der Waals surface area contributed by atoms with Crippen LogP contribution in [0.5, 0.6) is 11.5 Å². The molecule has 1 unspecified atom stereocenters. The van der Waals surface area contributed by atoms with Crippen molar-refractivity contribution < 1.29 is 17.9 Å². The molecule has 144 valence electrons. The van der Waals surface area contributed by atoms with Gasteiger partial charge in [-0.25, -0.2) is 12.7 Å². The largest absolute Gasteiger partial charge is 0.455 e. The number of anilines is 1. The van der Waals surface area contributed by atoms with Crippen molar-refractivity contribution in [3.05, 3.63) is 53.6 Å².